The number of hydrogen-bond acceptors (Lipinski definition) is 5. The molecule has 0 heterocycles. The highest BCUT2D eigenvalue weighted by atomic mass is 19.4. The van der Waals surface area contributed by atoms with E-state index in [0.29, 0.717) is 23.6 Å². The van der Waals surface area contributed by atoms with Crippen LogP contribution in [0.2, 0.25) is 0 Å². The van der Waals surface area contributed by atoms with Crippen LogP contribution in [0.1, 0.15) is 30.4 Å². The van der Waals surface area contributed by atoms with Crippen LogP contribution < -0.4 is 10.1 Å². The summed E-state index contributed by atoms with van der Waals surface area (Å²) >= 11 is 0. The Morgan fingerprint density at radius 1 is 1.16 bits per heavy atom. The summed E-state index contributed by atoms with van der Waals surface area (Å²) in [6.45, 7) is 1.81. The van der Waals surface area contributed by atoms with E-state index in [1.54, 1.807) is 31.2 Å². The van der Waals surface area contributed by atoms with Crippen LogP contribution in [0.5, 0.6) is 5.75 Å². The van der Waals surface area contributed by atoms with Crippen molar-refractivity contribution in [3.05, 3.63) is 71.4 Å². The first kappa shape index (κ1) is 22.4. The van der Waals surface area contributed by atoms with Crippen molar-refractivity contribution < 1.29 is 32.2 Å². The van der Waals surface area contributed by atoms with Crippen LogP contribution in [-0.4, -0.2) is 25.5 Å². The van der Waals surface area contributed by atoms with Gasteiger partial charge < -0.3 is 14.8 Å². The minimum Gasteiger partial charge on any atom is -0.497 e. The van der Waals surface area contributed by atoms with Gasteiger partial charge in [-0.3, -0.25) is 9.59 Å². The molecule has 5 nitrogen and oxygen atoms in total. The van der Waals surface area contributed by atoms with E-state index in [2.05, 4.69) is 5.32 Å². The van der Waals surface area contributed by atoms with Crippen molar-refractivity contribution in [1.82, 2.24) is 0 Å². The van der Waals surface area contributed by atoms with Crippen LogP contribution >= 0.6 is 0 Å². The van der Waals surface area contributed by atoms with E-state index in [-0.39, 0.29) is 6.61 Å². The Kier molecular flexibility index (Phi) is 6.68. The predicted molar refractivity (Wildman–Crippen MR) is 109 cm³/mol. The zero-order valence-electron chi connectivity index (χ0n) is 17.0. The van der Waals surface area contributed by atoms with Crippen molar-refractivity contribution >= 4 is 17.4 Å². The SMILES string of the molecule is CCOC(=O)[C@@H]1C(=O)C=C(Nc2ccc(C(F)(F)F)cc2)C[C@H]1c1cccc(OC)c1. The maximum Gasteiger partial charge on any atom is 0.416 e. The van der Waals surface area contributed by atoms with Gasteiger partial charge in [-0.05, 0) is 55.3 Å². The minimum atomic E-state index is -4.43. The van der Waals surface area contributed by atoms with Gasteiger partial charge in [-0.2, -0.15) is 13.2 Å². The predicted octanol–water partition coefficient (Wildman–Crippen LogP) is 4.95. The number of esters is 1. The molecule has 2 aromatic carbocycles. The molecule has 0 saturated carbocycles. The van der Waals surface area contributed by atoms with E-state index in [9.17, 15) is 22.8 Å². The molecular weight excluding hydrogens is 411 g/mol. The Morgan fingerprint density at radius 3 is 2.48 bits per heavy atom. The van der Waals surface area contributed by atoms with Gasteiger partial charge in [-0.1, -0.05) is 12.1 Å². The number of ketones is 1. The van der Waals surface area contributed by atoms with E-state index in [4.69, 9.17) is 9.47 Å². The fraction of sp³-hybridized carbons (Fsp3) is 0.304. The van der Waals surface area contributed by atoms with Crippen LogP contribution in [0.25, 0.3) is 0 Å². The molecule has 0 bridgehead atoms. The number of nitrogens with one attached hydrogen (secondary N) is 1. The third-order valence-electron chi connectivity index (χ3n) is 5.04. The number of anilines is 1. The first-order valence-corrected chi connectivity index (χ1v) is 9.72. The number of allylic oxidation sites excluding steroid dienone is 2. The molecule has 0 aliphatic heterocycles. The normalized spacial score (nSPS) is 18.9. The van der Waals surface area contributed by atoms with Gasteiger partial charge in [0.05, 0.1) is 19.3 Å². The first-order chi connectivity index (χ1) is 14.7. The summed E-state index contributed by atoms with van der Waals surface area (Å²) in [4.78, 5) is 25.4. The molecule has 2 aromatic rings. The minimum absolute atomic E-state index is 0.147. The van der Waals surface area contributed by atoms with Crippen molar-refractivity contribution in [2.45, 2.75) is 25.4 Å². The van der Waals surface area contributed by atoms with Gasteiger partial charge in [0, 0.05) is 23.4 Å². The highest BCUT2D eigenvalue weighted by Gasteiger charge is 2.40. The largest absolute Gasteiger partial charge is 0.497 e. The zero-order valence-corrected chi connectivity index (χ0v) is 17.0. The molecule has 8 heteroatoms. The van der Waals surface area contributed by atoms with Gasteiger partial charge in [0.2, 0.25) is 0 Å². The van der Waals surface area contributed by atoms with Crippen molar-refractivity contribution in [2.24, 2.45) is 5.92 Å². The number of alkyl halides is 3. The summed E-state index contributed by atoms with van der Waals surface area (Å²) in [6.07, 6.45) is -2.82. The van der Waals surface area contributed by atoms with Gasteiger partial charge in [-0.15, -0.1) is 0 Å². The van der Waals surface area contributed by atoms with E-state index < -0.39 is 35.3 Å². The number of carbonyl (C=O) groups is 2. The highest BCUT2D eigenvalue weighted by molar-refractivity contribution is 6.07. The third-order valence-corrected chi connectivity index (χ3v) is 5.04. The molecule has 2 atom stereocenters. The van der Waals surface area contributed by atoms with Crippen molar-refractivity contribution in [1.29, 1.82) is 0 Å². The highest BCUT2D eigenvalue weighted by Crippen LogP contribution is 2.38. The van der Waals surface area contributed by atoms with Gasteiger partial charge in [-0.25, -0.2) is 0 Å². The summed E-state index contributed by atoms with van der Waals surface area (Å²) in [5.74, 6) is -1.97. The average molecular weight is 433 g/mol. The summed E-state index contributed by atoms with van der Waals surface area (Å²) in [5, 5.41) is 3.00. The number of carbonyl (C=O) groups excluding carboxylic acids is 2. The van der Waals surface area contributed by atoms with Crippen LogP contribution in [-0.2, 0) is 20.5 Å². The van der Waals surface area contributed by atoms with Crippen LogP contribution in [0.4, 0.5) is 18.9 Å². The fourth-order valence-electron chi connectivity index (χ4n) is 3.58. The Morgan fingerprint density at radius 2 is 1.87 bits per heavy atom. The van der Waals surface area contributed by atoms with E-state index in [1.807, 2.05) is 0 Å². The van der Waals surface area contributed by atoms with Crippen LogP contribution in [0.3, 0.4) is 0 Å². The lowest BCUT2D eigenvalue weighted by molar-refractivity contribution is -0.151. The average Bonchev–Trinajstić information content (AvgIpc) is 2.73. The number of halogens is 3. The van der Waals surface area contributed by atoms with Gasteiger partial charge in [0.25, 0.3) is 0 Å². The molecule has 1 aliphatic rings. The molecule has 1 N–H and O–H groups in total. The number of benzene rings is 2. The van der Waals surface area contributed by atoms with E-state index >= 15 is 0 Å². The third kappa shape index (κ3) is 5.25. The second kappa shape index (κ2) is 9.24. The Balaban J connectivity index is 1.90. The van der Waals surface area contributed by atoms with Crippen molar-refractivity contribution in [3.63, 3.8) is 0 Å². The number of hydrogen-bond donors (Lipinski definition) is 1. The Labute approximate surface area is 177 Å². The molecule has 0 aromatic heterocycles. The molecule has 0 spiro atoms. The quantitative estimate of drug-likeness (QED) is 0.516. The molecule has 0 fully saturated rings. The van der Waals surface area contributed by atoms with Gasteiger partial charge >= 0.3 is 12.1 Å². The Hall–Kier alpha value is -3.29. The molecule has 0 unspecified atom stereocenters. The maximum atomic E-state index is 12.8. The summed E-state index contributed by atoms with van der Waals surface area (Å²) in [6, 6.07) is 11.6. The lowest BCUT2D eigenvalue weighted by Gasteiger charge is -2.30. The lowest BCUT2D eigenvalue weighted by atomic mass is 9.76. The smallest absolute Gasteiger partial charge is 0.416 e. The van der Waals surface area contributed by atoms with E-state index in [1.165, 1.54) is 25.3 Å². The standard InChI is InChI=1S/C23H22F3NO4/c1-3-31-22(29)21-19(14-5-4-6-18(11-14)30-2)12-17(13-20(21)28)27-16-9-7-15(8-10-16)23(24,25)26/h4-11,13,19,21,27H,3,12H2,1-2H3/t19-,21-/m0/s1. The summed E-state index contributed by atoms with van der Waals surface area (Å²) < 4.78 is 48.7. The second-order valence-corrected chi connectivity index (χ2v) is 7.09. The van der Waals surface area contributed by atoms with E-state index in [0.717, 1.165) is 17.7 Å². The van der Waals surface area contributed by atoms with Crippen LogP contribution in [0, 0.1) is 5.92 Å². The summed E-state index contributed by atoms with van der Waals surface area (Å²) in [7, 11) is 1.52. The number of methoxy groups -OCH3 is 1. The number of ether oxygens (including phenoxy) is 2. The van der Waals surface area contributed by atoms with Gasteiger partial charge in [0.1, 0.15) is 11.7 Å². The van der Waals surface area contributed by atoms with Crippen molar-refractivity contribution in [3.8, 4) is 5.75 Å². The summed E-state index contributed by atoms with van der Waals surface area (Å²) in [5.41, 5.74) is 0.873. The molecule has 3 rings (SSSR count). The van der Waals surface area contributed by atoms with Crippen molar-refractivity contribution in [2.75, 3.05) is 19.0 Å². The second-order valence-electron chi connectivity index (χ2n) is 7.09. The Bertz CT molecular complexity index is 983. The van der Waals surface area contributed by atoms with Gasteiger partial charge in [0.15, 0.2) is 5.78 Å². The molecular formula is C23H22F3NO4. The lowest BCUT2D eigenvalue weighted by Crippen LogP contribution is -2.35. The fourth-order valence-corrected chi connectivity index (χ4v) is 3.58. The number of rotatable bonds is 6. The zero-order chi connectivity index (χ0) is 22.6. The molecule has 0 saturated heterocycles. The van der Waals surface area contributed by atoms with Crippen LogP contribution in [0.15, 0.2) is 60.3 Å². The first-order valence-electron chi connectivity index (χ1n) is 9.72. The maximum absolute atomic E-state index is 12.8. The molecule has 1 aliphatic carbocycles. The monoisotopic (exact) mass is 433 g/mol. The molecule has 164 valence electrons. The topological polar surface area (TPSA) is 64.6 Å². The molecule has 0 radical (unpaired) electrons. The molecule has 31 heavy (non-hydrogen) atoms. The molecule has 0 amide bonds.